The lowest BCUT2D eigenvalue weighted by atomic mass is 9.77. The van der Waals surface area contributed by atoms with E-state index in [9.17, 15) is 48.3 Å². The largest absolute Gasteiger partial charge is 0.495 e. The highest BCUT2D eigenvalue weighted by Gasteiger charge is 2.63. The molecule has 14 rings (SSSR count). The van der Waals surface area contributed by atoms with E-state index in [1.165, 1.54) is 45.1 Å². The summed E-state index contributed by atoms with van der Waals surface area (Å²) in [5, 5.41) is 11.9. The Labute approximate surface area is 665 Å². The predicted molar refractivity (Wildman–Crippen MR) is 425 cm³/mol. The first kappa shape index (κ1) is 85.3. The quantitative estimate of drug-likeness (QED) is 0.0323. The summed E-state index contributed by atoms with van der Waals surface area (Å²) in [4.78, 5) is 148. The van der Waals surface area contributed by atoms with Gasteiger partial charge in [0.15, 0.2) is 17.0 Å². The number of ketones is 2. The number of aryl methyl sites for hydroxylation is 2. The topological polar surface area (TPSA) is 316 Å². The van der Waals surface area contributed by atoms with Gasteiger partial charge in [-0.2, -0.15) is 0 Å². The molecule has 2 unspecified atom stereocenters. The van der Waals surface area contributed by atoms with Gasteiger partial charge in [0.2, 0.25) is 11.8 Å². The van der Waals surface area contributed by atoms with E-state index < -0.39 is 63.6 Å². The molecule has 26 heteroatoms. The van der Waals surface area contributed by atoms with Crippen LogP contribution in [0.15, 0.2) is 91.3 Å². The van der Waals surface area contributed by atoms with E-state index in [-0.39, 0.29) is 129 Å². The van der Waals surface area contributed by atoms with Crippen LogP contribution in [-0.4, -0.2) is 157 Å². The van der Waals surface area contributed by atoms with Crippen LogP contribution < -0.4 is 19.6 Å². The number of halogens is 2. The Balaban J connectivity index is 0.000000196. The van der Waals surface area contributed by atoms with E-state index in [0.29, 0.717) is 122 Å². The standard InChI is InChI=1S/C41H47ClN4O8.C28H41NO6.C15H12ClN3O2.2CH4/c1-7-24-16-41(24,39(50)51)17-32(47)31-13-26(20-46(31)38(49)28(40(3,4)5)14-35(48)54-25-11-22-10-23(22)12-25)53-34-15-29(30-19-43-18-21(2)44-30)45-37-27(34)8-9-33(52-6)36(37)42;1-7-19-13-28(19,26(33)34-6)14-23(30)22-8-16(2)15-29(22)25(32)21(27(3,4)5)12-24(31)35-20-10-17-9-18(17)11-20;1-8-6-17-7-11(18-8)10-5-12(20)9-3-4-13(21-2)14(16)15(9)19-10;;/h7-9,15,18-19,22-26,28,31H,1,10-14,16-17,20H2,2-6H3,(H,50,51);7,16-22H,1,8-15H2,2-6H3;3-7H,1-2H3,(H,19,20);2*1H4/t22-,23+,24-,25?,26-,28-,31+,41-;16-,17-,18+,19+,20?,21+,22-,28+;;;/m10.../s1. The minimum Gasteiger partial charge on any atom is -0.495 e. The fraction of sp³-hybridized carbons (Fsp3) is 0.558. The van der Waals surface area contributed by atoms with E-state index in [4.69, 9.17) is 56.6 Å². The maximum atomic E-state index is 14.7. The van der Waals surface area contributed by atoms with Gasteiger partial charge < -0.3 is 48.3 Å². The maximum absolute atomic E-state index is 14.7. The van der Waals surface area contributed by atoms with Crippen molar-refractivity contribution in [3.8, 4) is 40.0 Å². The highest BCUT2D eigenvalue weighted by Crippen LogP contribution is 2.59. The number of hydrogen-bond acceptors (Lipinski definition) is 20. The van der Waals surface area contributed by atoms with Crippen LogP contribution >= 0.6 is 23.2 Å². The van der Waals surface area contributed by atoms with Crippen molar-refractivity contribution in [3.63, 3.8) is 0 Å². The number of aromatic nitrogens is 6. The molecule has 112 heavy (non-hydrogen) atoms. The van der Waals surface area contributed by atoms with E-state index >= 15 is 0 Å². The molecule has 0 bridgehead atoms. The number of esters is 3. The number of allylic oxidation sites excluding steroid dienone is 2. The Morgan fingerprint density at radius 3 is 1.58 bits per heavy atom. The van der Waals surface area contributed by atoms with Gasteiger partial charge in [0.25, 0.3) is 0 Å². The highest BCUT2D eigenvalue weighted by molar-refractivity contribution is 6.37. The minimum atomic E-state index is -1.26. The average molecular weight is 1580 g/mol. The molecule has 8 aliphatic rings. The van der Waals surface area contributed by atoms with Gasteiger partial charge in [-0.1, -0.05) is 98.7 Å². The number of benzene rings is 2. The predicted octanol–water partition coefficient (Wildman–Crippen LogP) is 14.8. The fourth-order valence-corrected chi connectivity index (χ4v) is 17.7. The van der Waals surface area contributed by atoms with Gasteiger partial charge in [-0.15, -0.1) is 13.2 Å². The zero-order valence-electron chi connectivity index (χ0n) is 64.7. The van der Waals surface area contributed by atoms with Gasteiger partial charge in [-0.25, -0.2) is 15.0 Å². The van der Waals surface area contributed by atoms with Crippen molar-refractivity contribution in [1.82, 2.24) is 39.7 Å². The van der Waals surface area contributed by atoms with E-state index in [0.717, 1.165) is 31.4 Å². The monoisotopic (exact) mass is 1580 g/mol. The summed E-state index contributed by atoms with van der Waals surface area (Å²) in [5.41, 5.74) is 1.11. The first-order valence-corrected chi connectivity index (χ1v) is 38.8. The molecular formula is C86H108Cl2N8O16. The number of carboxylic acid groups (broad SMARTS) is 1. The number of nitrogens with zero attached hydrogens (tertiary/aromatic N) is 7. The van der Waals surface area contributed by atoms with Crippen LogP contribution in [-0.2, 0) is 52.6 Å². The van der Waals surface area contributed by atoms with Crippen LogP contribution in [0.1, 0.15) is 165 Å². The molecule has 602 valence electrons. The van der Waals surface area contributed by atoms with Crippen LogP contribution in [0, 0.1) is 88.8 Å². The van der Waals surface area contributed by atoms with Crippen molar-refractivity contribution < 1.29 is 71.9 Å². The molecule has 6 aliphatic carbocycles. The molecule has 2 aliphatic heterocycles. The van der Waals surface area contributed by atoms with Crippen LogP contribution in [0.3, 0.4) is 0 Å². The Bertz CT molecular complexity index is 4690. The van der Waals surface area contributed by atoms with Crippen molar-refractivity contribution in [2.45, 2.75) is 197 Å². The SMILES string of the molecule is C.C.C=C[C@@H]1C[C@]1(CC(=O)[C@@H]1C[C@@H](Oc2cc(-c3cncc(C)n3)nc3c(Cl)c(OC)ccc23)CN1C(=O)[C@@H](CC(=O)OC1C[C@@H]2C[C@@H]2C1)C(C)(C)C)C(=O)O.C=C[C@@H]1C[C@]1(CC(=O)[C@@H]1C[C@H](C)CN1C(=O)[C@@H](CC(=O)OC1C[C@@H]2C[C@@H]2C1)C(C)(C)C)C(=O)OC.COc1ccc2c(=O)cc(-c3cncc(C)n3)[nH]c2c1Cl. The number of likely N-dealkylation sites (tertiary alicyclic amines) is 2. The Morgan fingerprint density at radius 1 is 0.607 bits per heavy atom. The molecule has 0 spiro atoms. The number of Topliss-reactive ketones (excluding diaryl/α,β-unsaturated/α-hetero) is 2. The lowest BCUT2D eigenvalue weighted by Crippen LogP contribution is -2.48. The molecule has 0 radical (unpaired) electrons. The number of hydrogen-bond donors (Lipinski definition) is 2. The van der Waals surface area contributed by atoms with Crippen molar-refractivity contribution in [1.29, 1.82) is 0 Å². The van der Waals surface area contributed by atoms with Crippen LogP contribution in [0.2, 0.25) is 10.0 Å². The van der Waals surface area contributed by atoms with Crippen molar-refractivity contribution >= 4 is 92.3 Å². The van der Waals surface area contributed by atoms with Gasteiger partial charge in [-0.3, -0.25) is 53.1 Å². The maximum Gasteiger partial charge on any atom is 0.312 e. The zero-order chi connectivity index (χ0) is 79.4. The normalized spacial score (nSPS) is 26.6. The second-order valence-corrected chi connectivity index (χ2v) is 34.6. The second-order valence-electron chi connectivity index (χ2n) is 33.9. The third kappa shape index (κ3) is 18.2. The molecule has 2 N–H and O–H groups in total. The van der Waals surface area contributed by atoms with Gasteiger partial charge in [-0.05, 0) is 148 Å². The number of carboxylic acids is 1. The van der Waals surface area contributed by atoms with E-state index in [1.807, 2.05) is 62.3 Å². The summed E-state index contributed by atoms with van der Waals surface area (Å²) >= 11 is 13.1. The molecule has 6 aromatic rings. The number of pyridine rings is 2. The molecule has 2 aromatic carbocycles. The van der Waals surface area contributed by atoms with Crippen molar-refractivity contribution in [2.75, 3.05) is 34.4 Å². The average Bonchev–Trinajstić information content (AvgIpc) is 1.57. The lowest BCUT2D eigenvalue weighted by molar-refractivity contribution is -0.157. The first-order valence-electron chi connectivity index (χ1n) is 38.0. The van der Waals surface area contributed by atoms with Gasteiger partial charge >= 0.3 is 23.9 Å². The Morgan fingerprint density at radius 2 is 1.09 bits per heavy atom. The number of fused-ring (bicyclic) bond motifs is 4. The number of ether oxygens (including phenoxy) is 6. The summed E-state index contributed by atoms with van der Waals surface area (Å²) in [6, 6.07) is 8.50. The first-order chi connectivity index (χ1) is 52.1. The zero-order valence-corrected chi connectivity index (χ0v) is 66.2. The number of H-pyrrole nitrogens is 1. The lowest BCUT2D eigenvalue weighted by Gasteiger charge is -2.35. The van der Waals surface area contributed by atoms with Crippen molar-refractivity contribution in [3.05, 3.63) is 118 Å². The third-order valence-electron chi connectivity index (χ3n) is 23.9. The molecular weight excluding hydrogens is 1470 g/mol. The van der Waals surface area contributed by atoms with Gasteiger partial charge in [0, 0.05) is 61.1 Å². The molecule has 6 heterocycles. The van der Waals surface area contributed by atoms with Crippen LogP contribution in [0.5, 0.6) is 17.2 Å². The number of methoxy groups -OCH3 is 3. The highest BCUT2D eigenvalue weighted by atomic mass is 35.5. The van der Waals surface area contributed by atoms with Gasteiger partial charge in [0.1, 0.15) is 57.0 Å². The summed E-state index contributed by atoms with van der Waals surface area (Å²) in [5.74, 6) is -0.863. The number of carbonyl (C=O) groups excluding carboxylic acids is 7. The van der Waals surface area contributed by atoms with Crippen LogP contribution in [0.25, 0.3) is 44.6 Å². The molecule has 6 saturated carbocycles. The number of nitrogens with one attached hydrogen (secondary N) is 1. The number of aromatic amines is 1. The summed E-state index contributed by atoms with van der Waals surface area (Å²) < 4.78 is 33.9. The summed E-state index contributed by atoms with van der Waals surface area (Å²) in [7, 11) is 4.37. The molecule has 2 amide bonds. The molecule has 4 aromatic heterocycles. The number of amides is 2. The van der Waals surface area contributed by atoms with E-state index in [2.05, 4.69) is 38.1 Å². The van der Waals surface area contributed by atoms with Crippen LogP contribution in [0.4, 0.5) is 0 Å². The Kier molecular flexibility index (Phi) is 25.8. The second kappa shape index (κ2) is 33.9. The van der Waals surface area contributed by atoms with Crippen molar-refractivity contribution in [2.24, 2.45) is 74.9 Å². The number of aliphatic carboxylic acids is 1. The Hall–Kier alpha value is -9.16. The molecule has 2 saturated heterocycles. The van der Waals surface area contributed by atoms with Gasteiger partial charge in [0.05, 0.1) is 122 Å². The molecule has 16 atom stereocenters. The smallest absolute Gasteiger partial charge is 0.312 e. The summed E-state index contributed by atoms with van der Waals surface area (Å²) in [6.07, 6.45) is 16.2. The molecule has 24 nitrogen and oxygen atoms in total. The van der Waals surface area contributed by atoms with E-state index in [1.54, 1.807) is 72.2 Å². The molecule has 8 fully saturated rings. The fourth-order valence-electron chi connectivity index (χ4n) is 17.2. The minimum absolute atomic E-state index is 0. The third-order valence-corrected chi connectivity index (χ3v) is 24.6. The summed E-state index contributed by atoms with van der Waals surface area (Å²) in [6.45, 7) is 25.3. The number of rotatable bonds is 24. The number of carbonyl (C=O) groups is 8.